The van der Waals surface area contributed by atoms with Crippen LogP contribution in [0, 0.1) is 0 Å². The van der Waals surface area contributed by atoms with Crippen LogP contribution < -0.4 is 15.2 Å². The third-order valence-corrected chi connectivity index (χ3v) is 4.60. The van der Waals surface area contributed by atoms with Gasteiger partial charge in [-0.05, 0) is 25.7 Å². The molecular weight excluding hydrogens is 246 g/mol. The van der Waals surface area contributed by atoms with Gasteiger partial charge in [-0.15, -0.1) is 0 Å². The van der Waals surface area contributed by atoms with Gasteiger partial charge in [0.1, 0.15) is 0 Å². The minimum atomic E-state index is -3.51. The normalized spacial score (nSPS) is 17.4. The zero-order valence-corrected chi connectivity index (χ0v) is 11.2. The maximum atomic E-state index is 11.8. The summed E-state index contributed by atoms with van der Waals surface area (Å²) in [6.07, 6.45) is 2.90. The van der Waals surface area contributed by atoms with Crippen LogP contribution in [0.4, 0.5) is 0 Å². The SMILES string of the molecule is CCC(CC)(NS(=O)(=O)NC1CC1)C(N)=S. The highest BCUT2D eigenvalue weighted by Gasteiger charge is 2.36. The van der Waals surface area contributed by atoms with E-state index in [1.54, 1.807) is 0 Å². The Kier molecular flexibility index (Phi) is 4.28. The van der Waals surface area contributed by atoms with Gasteiger partial charge in [0, 0.05) is 6.04 Å². The van der Waals surface area contributed by atoms with Gasteiger partial charge in [0.15, 0.2) is 0 Å². The average Bonchev–Trinajstić information content (AvgIpc) is 2.97. The van der Waals surface area contributed by atoms with Crippen LogP contribution in [0.5, 0.6) is 0 Å². The number of rotatable bonds is 7. The highest BCUT2D eigenvalue weighted by Crippen LogP contribution is 2.21. The molecule has 0 atom stereocenters. The van der Waals surface area contributed by atoms with E-state index in [2.05, 4.69) is 9.44 Å². The first-order chi connectivity index (χ1) is 7.35. The van der Waals surface area contributed by atoms with Gasteiger partial charge in [0.25, 0.3) is 10.2 Å². The largest absolute Gasteiger partial charge is 0.392 e. The summed E-state index contributed by atoms with van der Waals surface area (Å²) in [5.74, 6) is 0. The van der Waals surface area contributed by atoms with E-state index in [0.29, 0.717) is 12.8 Å². The van der Waals surface area contributed by atoms with Gasteiger partial charge < -0.3 is 5.73 Å². The van der Waals surface area contributed by atoms with Gasteiger partial charge in [0.2, 0.25) is 0 Å². The van der Waals surface area contributed by atoms with Gasteiger partial charge in [-0.3, -0.25) is 0 Å². The van der Waals surface area contributed by atoms with Crippen molar-refractivity contribution in [3.05, 3.63) is 0 Å². The van der Waals surface area contributed by atoms with E-state index >= 15 is 0 Å². The molecule has 0 aromatic heterocycles. The van der Waals surface area contributed by atoms with Crippen LogP contribution in [-0.4, -0.2) is 25.0 Å². The van der Waals surface area contributed by atoms with Crippen LogP contribution in [0.25, 0.3) is 0 Å². The molecule has 5 nitrogen and oxygen atoms in total. The molecule has 0 unspecified atom stereocenters. The van der Waals surface area contributed by atoms with Crippen LogP contribution in [0.2, 0.25) is 0 Å². The monoisotopic (exact) mass is 265 g/mol. The molecule has 1 rings (SSSR count). The summed E-state index contributed by atoms with van der Waals surface area (Å²) < 4.78 is 28.7. The van der Waals surface area contributed by atoms with E-state index in [9.17, 15) is 8.42 Å². The molecule has 0 aliphatic heterocycles. The first kappa shape index (κ1) is 13.8. The van der Waals surface area contributed by atoms with E-state index in [0.717, 1.165) is 12.8 Å². The van der Waals surface area contributed by atoms with E-state index < -0.39 is 15.7 Å². The Labute approximate surface area is 102 Å². The first-order valence-electron chi connectivity index (χ1n) is 5.46. The molecule has 1 aliphatic rings. The van der Waals surface area contributed by atoms with Gasteiger partial charge in [-0.1, -0.05) is 26.1 Å². The van der Waals surface area contributed by atoms with E-state index in [4.69, 9.17) is 18.0 Å². The van der Waals surface area contributed by atoms with Gasteiger partial charge in [-0.25, -0.2) is 0 Å². The molecule has 7 heteroatoms. The van der Waals surface area contributed by atoms with E-state index in [1.165, 1.54) is 0 Å². The highest BCUT2D eigenvalue weighted by atomic mass is 32.2. The van der Waals surface area contributed by atoms with Crippen LogP contribution >= 0.6 is 12.2 Å². The second kappa shape index (κ2) is 4.95. The number of nitrogens with one attached hydrogen (secondary N) is 2. The predicted octanol–water partition coefficient (Wildman–Crippen LogP) is 0.418. The molecule has 94 valence electrons. The Balaban J connectivity index is 2.77. The quantitative estimate of drug-likeness (QED) is 0.582. The lowest BCUT2D eigenvalue weighted by molar-refractivity contribution is 0.460. The van der Waals surface area contributed by atoms with Crippen molar-refractivity contribution < 1.29 is 8.42 Å². The fourth-order valence-corrected chi connectivity index (χ4v) is 3.55. The zero-order valence-electron chi connectivity index (χ0n) is 9.62. The molecule has 0 radical (unpaired) electrons. The molecule has 0 saturated heterocycles. The molecule has 4 N–H and O–H groups in total. The number of hydrogen-bond donors (Lipinski definition) is 3. The summed E-state index contributed by atoms with van der Waals surface area (Å²) in [5.41, 5.74) is 4.81. The third-order valence-electron chi connectivity index (χ3n) is 2.91. The zero-order chi connectivity index (χ0) is 12.4. The second-order valence-electron chi connectivity index (χ2n) is 4.15. The smallest absolute Gasteiger partial charge is 0.278 e. The lowest BCUT2D eigenvalue weighted by Crippen LogP contribution is -2.58. The molecule has 0 amide bonds. The molecule has 16 heavy (non-hydrogen) atoms. The Morgan fingerprint density at radius 2 is 1.94 bits per heavy atom. The summed E-state index contributed by atoms with van der Waals surface area (Å²) in [7, 11) is -3.51. The highest BCUT2D eigenvalue weighted by molar-refractivity contribution is 7.87. The minimum absolute atomic E-state index is 0.0789. The maximum absolute atomic E-state index is 11.8. The van der Waals surface area contributed by atoms with Crippen LogP contribution in [0.1, 0.15) is 39.5 Å². The predicted molar refractivity (Wildman–Crippen MR) is 68.3 cm³/mol. The molecule has 0 bridgehead atoms. The Morgan fingerprint density at radius 1 is 1.44 bits per heavy atom. The van der Waals surface area contributed by atoms with Crippen molar-refractivity contribution >= 4 is 27.4 Å². The van der Waals surface area contributed by atoms with Crippen molar-refractivity contribution in [1.82, 2.24) is 9.44 Å². The van der Waals surface area contributed by atoms with Crippen molar-refractivity contribution in [2.24, 2.45) is 5.73 Å². The summed E-state index contributed by atoms with van der Waals surface area (Å²) in [5, 5.41) is 0. The molecule has 1 aliphatic carbocycles. The molecule has 0 heterocycles. The minimum Gasteiger partial charge on any atom is -0.392 e. The summed E-state index contributed by atoms with van der Waals surface area (Å²) in [4.78, 5) is 0.193. The van der Waals surface area contributed by atoms with E-state index in [1.807, 2.05) is 13.8 Å². The number of hydrogen-bond acceptors (Lipinski definition) is 3. The Bertz CT molecular complexity index is 359. The molecule has 1 fully saturated rings. The van der Waals surface area contributed by atoms with Crippen molar-refractivity contribution in [2.45, 2.75) is 51.1 Å². The lowest BCUT2D eigenvalue weighted by Gasteiger charge is -2.31. The fourth-order valence-electron chi connectivity index (χ4n) is 1.50. The molecule has 0 spiro atoms. The number of thiocarbonyl (C=S) groups is 1. The van der Waals surface area contributed by atoms with Gasteiger partial charge >= 0.3 is 0 Å². The van der Waals surface area contributed by atoms with Gasteiger partial charge in [0.05, 0.1) is 10.5 Å². The second-order valence-corrected chi connectivity index (χ2v) is 6.04. The summed E-state index contributed by atoms with van der Waals surface area (Å²) in [6.45, 7) is 3.73. The summed E-state index contributed by atoms with van der Waals surface area (Å²) >= 11 is 4.95. The molecule has 1 saturated carbocycles. The Hall–Kier alpha value is -0.240. The number of nitrogens with two attached hydrogens (primary N) is 1. The topological polar surface area (TPSA) is 84.2 Å². The molecule has 0 aromatic rings. The van der Waals surface area contributed by atoms with Crippen molar-refractivity contribution in [1.29, 1.82) is 0 Å². The fraction of sp³-hybridized carbons (Fsp3) is 0.889. The van der Waals surface area contributed by atoms with Crippen LogP contribution in [0.3, 0.4) is 0 Å². The molecule has 0 aromatic carbocycles. The lowest BCUT2D eigenvalue weighted by atomic mass is 9.94. The Morgan fingerprint density at radius 3 is 2.25 bits per heavy atom. The first-order valence-corrected chi connectivity index (χ1v) is 7.35. The van der Waals surface area contributed by atoms with Gasteiger partial charge in [-0.2, -0.15) is 17.9 Å². The van der Waals surface area contributed by atoms with Crippen molar-refractivity contribution in [3.8, 4) is 0 Å². The molecular formula is C9H19N3O2S2. The standard InChI is InChI=1S/C9H19N3O2S2/c1-3-9(4-2,8(10)15)12-16(13,14)11-7-5-6-7/h7,11-12H,3-6H2,1-2H3,(H2,10,15). The van der Waals surface area contributed by atoms with Crippen molar-refractivity contribution in [2.75, 3.05) is 0 Å². The van der Waals surface area contributed by atoms with E-state index in [-0.39, 0.29) is 11.0 Å². The average molecular weight is 265 g/mol. The van der Waals surface area contributed by atoms with Crippen LogP contribution in [0.15, 0.2) is 0 Å². The van der Waals surface area contributed by atoms with Crippen molar-refractivity contribution in [3.63, 3.8) is 0 Å². The van der Waals surface area contributed by atoms with Crippen LogP contribution in [-0.2, 0) is 10.2 Å². The maximum Gasteiger partial charge on any atom is 0.278 e. The third kappa shape index (κ3) is 3.38. The summed E-state index contributed by atoms with van der Waals surface area (Å²) in [6, 6.07) is 0.0789.